The SMILES string of the molecule is CC(C)(NCc1nc(-c2ccccc2Cl)no1)C(=O)O. The van der Waals surface area contributed by atoms with E-state index in [9.17, 15) is 4.79 Å². The molecule has 1 aromatic carbocycles. The monoisotopic (exact) mass is 295 g/mol. The number of halogens is 1. The Labute approximate surface area is 120 Å². The zero-order valence-electron chi connectivity index (χ0n) is 11.1. The normalized spacial score (nSPS) is 11.6. The predicted molar refractivity (Wildman–Crippen MR) is 73.3 cm³/mol. The van der Waals surface area contributed by atoms with Crippen LogP contribution in [0.15, 0.2) is 28.8 Å². The van der Waals surface area contributed by atoms with Crippen molar-refractivity contribution in [2.24, 2.45) is 0 Å². The van der Waals surface area contributed by atoms with E-state index in [1.165, 1.54) is 0 Å². The fraction of sp³-hybridized carbons (Fsp3) is 0.308. The number of rotatable bonds is 5. The highest BCUT2D eigenvalue weighted by atomic mass is 35.5. The second-order valence-corrected chi connectivity index (χ2v) is 5.18. The molecule has 0 saturated heterocycles. The Morgan fingerprint density at radius 1 is 1.45 bits per heavy atom. The van der Waals surface area contributed by atoms with Crippen LogP contribution in [-0.2, 0) is 11.3 Å². The van der Waals surface area contributed by atoms with Crippen molar-refractivity contribution in [3.8, 4) is 11.4 Å². The summed E-state index contributed by atoms with van der Waals surface area (Å²) in [4.78, 5) is 15.2. The number of benzene rings is 1. The lowest BCUT2D eigenvalue weighted by molar-refractivity contribution is -0.143. The molecule has 0 bridgehead atoms. The molecule has 0 spiro atoms. The lowest BCUT2D eigenvalue weighted by Gasteiger charge is -2.19. The van der Waals surface area contributed by atoms with Crippen molar-refractivity contribution in [3.05, 3.63) is 35.2 Å². The molecule has 7 heteroatoms. The van der Waals surface area contributed by atoms with E-state index in [2.05, 4.69) is 15.5 Å². The maximum atomic E-state index is 11.0. The smallest absolute Gasteiger partial charge is 0.323 e. The fourth-order valence-corrected chi connectivity index (χ4v) is 1.67. The van der Waals surface area contributed by atoms with Gasteiger partial charge in [-0.1, -0.05) is 28.9 Å². The standard InChI is InChI=1S/C13H14ClN3O3/c1-13(2,12(18)19)15-7-10-16-11(17-20-10)8-5-3-4-6-9(8)14/h3-6,15H,7H2,1-2H3,(H,18,19). The van der Waals surface area contributed by atoms with Gasteiger partial charge in [-0.25, -0.2) is 0 Å². The van der Waals surface area contributed by atoms with Crippen LogP contribution in [0.5, 0.6) is 0 Å². The Morgan fingerprint density at radius 2 is 2.15 bits per heavy atom. The minimum Gasteiger partial charge on any atom is -0.480 e. The summed E-state index contributed by atoms with van der Waals surface area (Å²) in [5.41, 5.74) is -0.402. The summed E-state index contributed by atoms with van der Waals surface area (Å²) in [5, 5.41) is 16.2. The van der Waals surface area contributed by atoms with Crippen LogP contribution in [0.3, 0.4) is 0 Å². The summed E-state index contributed by atoms with van der Waals surface area (Å²) in [7, 11) is 0. The molecule has 1 heterocycles. The molecule has 0 radical (unpaired) electrons. The highest BCUT2D eigenvalue weighted by molar-refractivity contribution is 6.33. The van der Waals surface area contributed by atoms with Crippen LogP contribution in [-0.4, -0.2) is 26.8 Å². The van der Waals surface area contributed by atoms with Gasteiger partial charge in [0.15, 0.2) is 0 Å². The van der Waals surface area contributed by atoms with Gasteiger partial charge in [-0.3, -0.25) is 10.1 Å². The lowest BCUT2D eigenvalue weighted by Crippen LogP contribution is -2.46. The van der Waals surface area contributed by atoms with Crippen molar-refractivity contribution in [2.45, 2.75) is 25.9 Å². The molecule has 0 saturated carbocycles. The van der Waals surface area contributed by atoms with Gasteiger partial charge < -0.3 is 9.63 Å². The molecule has 0 atom stereocenters. The van der Waals surface area contributed by atoms with Crippen LogP contribution in [0.2, 0.25) is 5.02 Å². The van der Waals surface area contributed by atoms with Crippen LogP contribution in [0.25, 0.3) is 11.4 Å². The average molecular weight is 296 g/mol. The van der Waals surface area contributed by atoms with Gasteiger partial charge >= 0.3 is 5.97 Å². The first-order chi connectivity index (χ1) is 9.40. The van der Waals surface area contributed by atoms with E-state index in [0.29, 0.717) is 22.3 Å². The number of hydrogen-bond acceptors (Lipinski definition) is 5. The van der Waals surface area contributed by atoms with Gasteiger partial charge in [-0.2, -0.15) is 4.98 Å². The number of aromatic nitrogens is 2. The van der Waals surface area contributed by atoms with Crippen LogP contribution < -0.4 is 5.32 Å². The number of nitrogens with one attached hydrogen (secondary N) is 1. The van der Waals surface area contributed by atoms with Crippen molar-refractivity contribution in [2.75, 3.05) is 0 Å². The van der Waals surface area contributed by atoms with Gasteiger partial charge in [0.1, 0.15) is 5.54 Å². The molecule has 0 aliphatic rings. The Hall–Kier alpha value is -1.92. The van der Waals surface area contributed by atoms with E-state index >= 15 is 0 Å². The minimum absolute atomic E-state index is 0.163. The van der Waals surface area contributed by atoms with E-state index in [-0.39, 0.29) is 6.54 Å². The lowest BCUT2D eigenvalue weighted by atomic mass is 10.1. The predicted octanol–water partition coefficient (Wildman–Crippen LogP) is 2.34. The van der Waals surface area contributed by atoms with Crippen molar-refractivity contribution in [3.63, 3.8) is 0 Å². The number of carboxylic acid groups (broad SMARTS) is 1. The third-order valence-electron chi connectivity index (χ3n) is 2.80. The first-order valence-electron chi connectivity index (χ1n) is 5.96. The average Bonchev–Trinajstić information content (AvgIpc) is 2.85. The van der Waals surface area contributed by atoms with E-state index in [1.807, 2.05) is 12.1 Å². The maximum absolute atomic E-state index is 11.0. The minimum atomic E-state index is -1.07. The first kappa shape index (κ1) is 14.5. The zero-order chi connectivity index (χ0) is 14.8. The number of carbonyl (C=O) groups is 1. The molecule has 0 amide bonds. The molecule has 0 aliphatic heterocycles. The van der Waals surface area contributed by atoms with Gasteiger partial charge in [-0.15, -0.1) is 0 Å². The van der Waals surface area contributed by atoms with Gasteiger partial charge in [0, 0.05) is 5.56 Å². The second-order valence-electron chi connectivity index (χ2n) is 4.78. The zero-order valence-corrected chi connectivity index (χ0v) is 11.8. The first-order valence-corrected chi connectivity index (χ1v) is 6.34. The number of nitrogens with zero attached hydrogens (tertiary/aromatic N) is 2. The van der Waals surface area contributed by atoms with Gasteiger partial charge in [-0.05, 0) is 26.0 Å². The highest BCUT2D eigenvalue weighted by Crippen LogP contribution is 2.24. The maximum Gasteiger partial charge on any atom is 0.323 e. The molecule has 0 unspecified atom stereocenters. The van der Waals surface area contributed by atoms with E-state index in [0.717, 1.165) is 0 Å². The van der Waals surface area contributed by atoms with Crippen molar-refractivity contribution in [1.29, 1.82) is 0 Å². The van der Waals surface area contributed by atoms with Crippen molar-refractivity contribution < 1.29 is 14.4 Å². The molecule has 6 nitrogen and oxygen atoms in total. The Kier molecular flexibility index (Phi) is 4.06. The van der Waals surface area contributed by atoms with E-state index in [1.54, 1.807) is 26.0 Å². The van der Waals surface area contributed by atoms with Crippen LogP contribution >= 0.6 is 11.6 Å². The molecule has 106 valence electrons. The second kappa shape index (κ2) is 5.60. The molecule has 1 aromatic heterocycles. The van der Waals surface area contributed by atoms with E-state index < -0.39 is 11.5 Å². The summed E-state index contributed by atoms with van der Waals surface area (Å²) in [6.07, 6.45) is 0. The molecular formula is C13H14ClN3O3. The summed E-state index contributed by atoms with van der Waals surface area (Å²) in [5.74, 6) is -0.280. The van der Waals surface area contributed by atoms with Crippen molar-refractivity contribution >= 4 is 17.6 Å². The summed E-state index contributed by atoms with van der Waals surface area (Å²) >= 11 is 6.04. The summed E-state index contributed by atoms with van der Waals surface area (Å²) in [6, 6.07) is 7.15. The van der Waals surface area contributed by atoms with Crippen LogP contribution in [0.4, 0.5) is 0 Å². The largest absolute Gasteiger partial charge is 0.480 e. The Morgan fingerprint density at radius 3 is 2.80 bits per heavy atom. The summed E-state index contributed by atoms with van der Waals surface area (Å²) in [6.45, 7) is 3.28. The van der Waals surface area contributed by atoms with Crippen LogP contribution in [0, 0.1) is 0 Å². The van der Waals surface area contributed by atoms with E-state index in [4.69, 9.17) is 21.2 Å². The molecule has 20 heavy (non-hydrogen) atoms. The quantitative estimate of drug-likeness (QED) is 0.880. The Balaban J connectivity index is 2.11. The number of aliphatic carboxylic acids is 1. The van der Waals surface area contributed by atoms with Gasteiger partial charge in [0.05, 0.1) is 11.6 Å². The molecule has 0 fully saturated rings. The van der Waals surface area contributed by atoms with Gasteiger partial charge in [0.25, 0.3) is 0 Å². The number of hydrogen-bond donors (Lipinski definition) is 2. The molecule has 2 rings (SSSR count). The molecule has 0 aliphatic carbocycles. The third kappa shape index (κ3) is 3.15. The fourth-order valence-electron chi connectivity index (χ4n) is 1.45. The molecule has 2 N–H and O–H groups in total. The highest BCUT2D eigenvalue weighted by Gasteiger charge is 2.27. The van der Waals surface area contributed by atoms with Crippen molar-refractivity contribution in [1.82, 2.24) is 15.5 Å². The molecular weight excluding hydrogens is 282 g/mol. The third-order valence-corrected chi connectivity index (χ3v) is 3.13. The van der Waals surface area contributed by atoms with Crippen LogP contribution in [0.1, 0.15) is 19.7 Å². The Bertz CT molecular complexity index is 625. The topological polar surface area (TPSA) is 88.3 Å². The summed E-state index contributed by atoms with van der Waals surface area (Å²) < 4.78 is 5.07. The van der Waals surface area contributed by atoms with Gasteiger partial charge in [0.2, 0.25) is 11.7 Å². The molecule has 2 aromatic rings. The number of carboxylic acids is 1.